The van der Waals surface area contributed by atoms with Crippen LogP contribution in [-0.2, 0) is 0 Å². The van der Waals surface area contributed by atoms with E-state index in [1.165, 1.54) is 0 Å². The number of rotatable bonds is 1. The van der Waals surface area contributed by atoms with E-state index in [-0.39, 0.29) is 5.56 Å². The topological polar surface area (TPSA) is 69.5 Å². The van der Waals surface area contributed by atoms with Gasteiger partial charge in [0.1, 0.15) is 0 Å². The van der Waals surface area contributed by atoms with Crippen LogP contribution in [0.15, 0.2) is 29.1 Å². The zero-order valence-electron chi connectivity index (χ0n) is 9.61. The zero-order chi connectivity index (χ0) is 12.4. The van der Waals surface area contributed by atoms with Crippen LogP contribution in [0.4, 0.5) is 0 Å². The normalized spacial score (nSPS) is 9.94. The van der Waals surface area contributed by atoms with Gasteiger partial charge in [-0.3, -0.25) is 4.79 Å². The molecule has 0 spiro atoms. The van der Waals surface area contributed by atoms with Crippen LogP contribution in [0.25, 0.3) is 11.3 Å². The predicted octanol–water partition coefficient (Wildman–Crippen LogP) is 1.93. The average Bonchev–Trinajstić information content (AvgIpc) is 2.36. The van der Waals surface area contributed by atoms with Gasteiger partial charge < -0.3 is 0 Å². The summed E-state index contributed by atoms with van der Waals surface area (Å²) in [4.78, 5) is 11.4. The van der Waals surface area contributed by atoms with E-state index in [0.29, 0.717) is 16.8 Å². The van der Waals surface area contributed by atoms with Crippen LogP contribution < -0.4 is 5.56 Å². The molecule has 2 aromatic rings. The molecule has 1 N–H and O–H groups in total. The van der Waals surface area contributed by atoms with Crippen molar-refractivity contribution < 1.29 is 0 Å². The highest BCUT2D eigenvalue weighted by Crippen LogP contribution is 2.21. The standard InChI is InChI=1S/C13H11N3O/c1-8-9(2)13(17)16-15-12(8)11-5-3-4-10(6-11)7-14/h3-6H,1-2H3,(H,16,17). The molecule has 1 heterocycles. The summed E-state index contributed by atoms with van der Waals surface area (Å²) in [6, 6.07) is 9.24. The van der Waals surface area contributed by atoms with Crippen LogP contribution in [0.5, 0.6) is 0 Å². The molecular weight excluding hydrogens is 214 g/mol. The molecule has 84 valence electrons. The van der Waals surface area contributed by atoms with Gasteiger partial charge in [-0.15, -0.1) is 0 Å². The first-order valence-electron chi connectivity index (χ1n) is 5.20. The Morgan fingerprint density at radius 1 is 1.29 bits per heavy atom. The van der Waals surface area contributed by atoms with E-state index in [2.05, 4.69) is 16.3 Å². The molecule has 4 heteroatoms. The Kier molecular flexibility index (Phi) is 2.75. The first kappa shape index (κ1) is 11.1. The van der Waals surface area contributed by atoms with Gasteiger partial charge in [-0.1, -0.05) is 12.1 Å². The van der Waals surface area contributed by atoms with Crippen LogP contribution in [0.2, 0.25) is 0 Å². The number of nitriles is 1. The van der Waals surface area contributed by atoms with Crippen molar-refractivity contribution in [3.8, 4) is 17.3 Å². The quantitative estimate of drug-likeness (QED) is 0.806. The van der Waals surface area contributed by atoms with Crippen molar-refractivity contribution in [3.63, 3.8) is 0 Å². The third kappa shape index (κ3) is 1.95. The summed E-state index contributed by atoms with van der Waals surface area (Å²) < 4.78 is 0. The van der Waals surface area contributed by atoms with Gasteiger partial charge in [0.2, 0.25) is 0 Å². The van der Waals surface area contributed by atoms with Gasteiger partial charge in [-0.05, 0) is 31.5 Å². The number of aromatic amines is 1. The van der Waals surface area contributed by atoms with Crippen molar-refractivity contribution in [2.75, 3.05) is 0 Å². The number of H-pyrrole nitrogens is 1. The first-order valence-corrected chi connectivity index (χ1v) is 5.20. The molecule has 0 unspecified atom stereocenters. The Balaban J connectivity index is 2.65. The lowest BCUT2D eigenvalue weighted by molar-refractivity contribution is 0.959. The molecular formula is C13H11N3O. The van der Waals surface area contributed by atoms with E-state index in [4.69, 9.17) is 5.26 Å². The monoisotopic (exact) mass is 225 g/mol. The van der Waals surface area contributed by atoms with Crippen molar-refractivity contribution in [2.45, 2.75) is 13.8 Å². The molecule has 0 bridgehead atoms. The molecule has 1 aromatic heterocycles. The lowest BCUT2D eigenvalue weighted by atomic mass is 10.0. The fourth-order valence-electron chi connectivity index (χ4n) is 1.64. The van der Waals surface area contributed by atoms with Gasteiger partial charge in [0, 0.05) is 11.1 Å². The maximum Gasteiger partial charge on any atom is 0.267 e. The summed E-state index contributed by atoms with van der Waals surface area (Å²) in [5.41, 5.74) is 3.43. The fourth-order valence-corrected chi connectivity index (χ4v) is 1.64. The van der Waals surface area contributed by atoms with Gasteiger partial charge in [0.05, 0.1) is 17.3 Å². The van der Waals surface area contributed by atoms with Crippen LogP contribution in [0, 0.1) is 25.2 Å². The minimum absolute atomic E-state index is 0.178. The molecule has 0 radical (unpaired) electrons. The SMILES string of the molecule is Cc1c(-c2cccc(C#N)c2)n[nH]c(=O)c1C. The van der Waals surface area contributed by atoms with Crippen molar-refractivity contribution in [2.24, 2.45) is 0 Å². The third-order valence-corrected chi connectivity index (χ3v) is 2.79. The van der Waals surface area contributed by atoms with Gasteiger partial charge in [0.15, 0.2) is 0 Å². The second-order valence-electron chi connectivity index (χ2n) is 3.84. The maximum absolute atomic E-state index is 11.4. The molecule has 4 nitrogen and oxygen atoms in total. The summed E-state index contributed by atoms with van der Waals surface area (Å²) in [5, 5.41) is 15.3. The number of hydrogen-bond acceptors (Lipinski definition) is 3. The van der Waals surface area contributed by atoms with E-state index in [9.17, 15) is 4.79 Å². The largest absolute Gasteiger partial charge is 0.268 e. The highest BCUT2D eigenvalue weighted by Gasteiger charge is 2.08. The first-order chi connectivity index (χ1) is 8.13. The van der Waals surface area contributed by atoms with E-state index < -0.39 is 0 Å². The summed E-state index contributed by atoms with van der Waals surface area (Å²) >= 11 is 0. The fraction of sp³-hybridized carbons (Fsp3) is 0.154. The predicted molar refractivity (Wildman–Crippen MR) is 64.5 cm³/mol. The Hall–Kier alpha value is -2.41. The van der Waals surface area contributed by atoms with Crippen LogP contribution in [0.3, 0.4) is 0 Å². The summed E-state index contributed by atoms with van der Waals surface area (Å²) in [6.07, 6.45) is 0. The summed E-state index contributed by atoms with van der Waals surface area (Å²) in [7, 11) is 0. The van der Waals surface area contributed by atoms with E-state index in [0.717, 1.165) is 11.1 Å². The molecule has 0 atom stereocenters. The number of hydrogen-bond donors (Lipinski definition) is 1. The number of nitrogens with zero attached hydrogens (tertiary/aromatic N) is 2. The lowest BCUT2D eigenvalue weighted by Crippen LogP contribution is -2.14. The Morgan fingerprint density at radius 3 is 2.76 bits per heavy atom. The number of aromatic nitrogens is 2. The lowest BCUT2D eigenvalue weighted by Gasteiger charge is -2.06. The molecule has 0 fully saturated rings. The Morgan fingerprint density at radius 2 is 2.06 bits per heavy atom. The molecule has 0 saturated heterocycles. The average molecular weight is 225 g/mol. The van der Waals surface area contributed by atoms with Crippen molar-refractivity contribution in [1.29, 1.82) is 5.26 Å². The summed E-state index contributed by atoms with van der Waals surface area (Å²) in [5.74, 6) is 0. The minimum Gasteiger partial charge on any atom is -0.268 e. The highest BCUT2D eigenvalue weighted by atomic mass is 16.1. The second kappa shape index (κ2) is 4.22. The zero-order valence-corrected chi connectivity index (χ0v) is 9.61. The summed E-state index contributed by atoms with van der Waals surface area (Å²) in [6.45, 7) is 3.61. The van der Waals surface area contributed by atoms with Crippen molar-refractivity contribution in [3.05, 3.63) is 51.3 Å². The van der Waals surface area contributed by atoms with Gasteiger partial charge in [0.25, 0.3) is 5.56 Å². The van der Waals surface area contributed by atoms with Gasteiger partial charge in [-0.25, -0.2) is 5.10 Å². The number of benzene rings is 1. The van der Waals surface area contributed by atoms with Crippen LogP contribution >= 0.6 is 0 Å². The van der Waals surface area contributed by atoms with E-state index >= 15 is 0 Å². The Bertz CT molecular complexity index is 665. The van der Waals surface area contributed by atoms with Crippen LogP contribution in [-0.4, -0.2) is 10.2 Å². The molecule has 17 heavy (non-hydrogen) atoms. The van der Waals surface area contributed by atoms with Gasteiger partial charge >= 0.3 is 0 Å². The van der Waals surface area contributed by atoms with Crippen molar-refractivity contribution in [1.82, 2.24) is 10.2 Å². The third-order valence-electron chi connectivity index (χ3n) is 2.79. The van der Waals surface area contributed by atoms with E-state index in [1.54, 1.807) is 25.1 Å². The molecule has 0 aliphatic heterocycles. The van der Waals surface area contributed by atoms with Crippen LogP contribution in [0.1, 0.15) is 16.7 Å². The molecule has 0 saturated carbocycles. The smallest absolute Gasteiger partial charge is 0.267 e. The van der Waals surface area contributed by atoms with Crippen molar-refractivity contribution >= 4 is 0 Å². The van der Waals surface area contributed by atoms with Gasteiger partial charge in [-0.2, -0.15) is 10.4 Å². The number of nitrogens with one attached hydrogen (secondary N) is 1. The maximum atomic E-state index is 11.4. The van der Waals surface area contributed by atoms with E-state index in [1.807, 2.05) is 13.0 Å². The molecule has 0 aliphatic carbocycles. The molecule has 1 aromatic carbocycles. The second-order valence-corrected chi connectivity index (χ2v) is 3.84. The minimum atomic E-state index is -0.178. The molecule has 0 aliphatic rings. The Labute approximate surface area is 98.5 Å². The highest BCUT2D eigenvalue weighted by molar-refractivity contribution is 5.65. The molecule has 0 amide bonds. The molecule has 2 rings (SSSR count).